The second kappa shape index (κ2) is 8.54. The number of anilines is 2. The van der Waals surface area contributed by atoms with Crippen LogP contribution < -0.4 is 10.6 Å². The quantitative estimate of drug-likeness (QED) is 0.419. The smallest absolute Gasteiger partial charge is 0.364 e. The molecule has 0 radical (unpaired) electrons. The number of nitrogens with one attached hydrogen (secondary N) is 4. The molecule has 0 aliphatic carbocycles. The number of H-pyrrole nitrogens is 1. The third-order valence-corrected chi connectivity index (χ3v) is 4.50. The molecule has 1 aromatic carbocycles. The maximum atomic E-state index is 12.7. The molecule has 2 aromatic heterocycles. The highest BCUT2D eigenvalue weighted by molar-refractivity contribution is 6.38. The van der Waals surface area contributed by atoms with Crippen molar-refractivity contribution in [2.45, 2.75) is 19.6 Å². The van der Waals surface area contributed by atoms with Gasteiger partial charge in [0, 0.05) is 23.8 Å². The van der Waals surface area contributed by atoms with Gasteiger partial charge in [-0.15, -0.1) is 0 Å². The number of imidazole rings is 1. The van der Waals surface area contributed by atoms with Gasteiger partial charge in [0.2, 0.25) is 0 Å². The molecule has 0 aliphatic rings. The maximum Gasteiger partial charge on any atom is 0.416 e. The van der Waals surface area contributed by atoms with Crippen LogP contribution in [0.25, 0.3) is 0 Å². The molecular formula is C19H16ClF3N6O. The summed E-state index contributed by atoms with van der Waals surface area (Å²) in [5.74, 6) is -0.344. The predicted molar refractivity (Wildman–Crippen MR) is 107 cm³/mol. The zero-order valence-electron chi connectivity index (χ0n) is 15.6. The van der Waals surface area contributed by atoms with Gasteiger partial charge in [-0.3, -0.25) is 4.79 Å². The van der Waals surface area contributed by atoms with Crippen LogP contribution in [0.5, 0.6) is 0 Å². The predicted octanol–water partition coefficient (Wildman–Crippen LogP) is 4.73. The molecule has 156 valence electrons. The van der Waals surface area contributed by atoms with Gasteiger partial charge in [-0.2, -0.15) is 13.2 Å². The van der Waals surface area contributed by atoms with E-state index in [1.54, 1.807) is 6.20 Å². The Bertz CT molecular complexity index is 1070. The van der Waals surface area contributed by atoms with E-state index >= 15 is 0 Å². The summed E-state index contributed by atoms with van der Waals surface area (Å²) in [5.41, 5.74) is 0.448. The number of hydrogen-bond donors (Lipinski definition) is 4. The Morgan fingerprint density at radius 1 is 1.23 bits per heavy atom. The van der Waals surface area contributed by atoms with Gasteiger partial charge in [0.15, 0.2) is 0 Å². The number of amides is 1. The molecule has 1 amide bonds. The van der Waals surface area contributed by atoms with E-state index in [1.807, 2.05) is 0 Å². The number of alkyl halides is 3. The second-order valence-electron chi connectivity index (χ2n) is 6.29. The third kappa shape index (κ3) is 4.77. The first-order valence-electron chi connectivity index (χ1n) is 8.60. The van der Waals surface area contributed by atoms with Crippen LogP contribution >= 0.6 is 11.6 Å². The van der Waals surface area contributed by atoms with Crippen LogP contribution in [0.15, 0.2) is 43.0 Å². The molecule has 0 atom stereocenters. The Hall–Kier alpha value is -3.40. The van der Waals surface area contributed by atoms with Crippen molar-refractivity contribution >= 4 is 34.7 Å². The topological polar surface area (TPSA) is 107 Å². The highest BCUT2D eigenvalue weighted by Crippen LogP contribution is 2.31. The molecule has 30 heavy (non-hydrogen) atoms. The summed E-state index contributed by atoms with van der Waals surface area (Å²) in [5, 5.41) is 13.5. The Morgan fingerprint density at radius 3 is 2.50 bits per heavy atom. The van der Waals surface area contributed by atoms with Gasteiger partial charge in [0.1, 0.15) is 5.82 Å². The lowest BCUT2D eigenvalue weighted by Gasteiger charge is -2.14. The normalized spacial score (nSPS) is 11.2. The van der Waals surface area contributed by atoms with Crippen molar-refractivity contribution in [2.75, 3.05) is 10.6 Å². The summed E-state index contributed by atoms with van der Waals surface area (Å²) in [6.07, 6.45) is -0.0824. The minimum Gasteiger partial charge on any atom is -0.364 e. The molecule has 3 aromatic rings. The van der Waals surface area contributed by atoms with Crippen LogP contribution in [-0.2, 0) is 12.7 Å². The minimum atomic E-state index is -4.47. The highest BCUT2D eigenvalue weighted by Gasteiger charge is 2.30. The first-order valence-corrected chi connectivity index (χ1v) is 8.98. The summed E-state index contributed by atoms with van der Waals surface area (Å²) >= 11 is 6.37. The van der Waals surface area contributed by atoms with Crippen molar-refractivity contribution in [1.29, 1.82) is 5.41 Å². The average Bonchev–Trinajstić information content (AvgIpc) is 3.19. The number of aromatic nitrogens is 3. The standard InChI is InChI=1S/C19H16ClF3N6O/c1-10(24)15-16(20)14(8-27-17(15)26-7-13-6-25-9-28-13)18(30)29-12-4-2-11(3-5-12)19(21,22)23/h2-6,8-9,24H,7H2,1H3,(H,25,28)(H,26,27)(H,29,30). The van der Waals surface area contributed by atoms with E-state index < -0.39 is 17.6 Å². The molecule has 11 heteroatoms. The van der Waals surface area contributed by atoms with Gasteiger partial charge >= 0.3 is 6.18 Å². The molecule has 2 heterocycles. The molecule has 0 spiro atoms. The zero-order valence-corrected chi connectivity index (χ0v) is 16.3. The molecule has 3 rings (SSSR count). The van der Waals surface area contributed by atoms with Crippen molar-refractivity contribution in [3.63, 3.8) is 0 Å². The number of carbonyl (C=O) groups is 1. The number of halogens is 4. The Labute approximate surface area is 174 Å². The monoisotopic (exact) mass is 436 g/mol. The molecule has 7 nitrogen and oxygen atoms in total. The van der Waals surface area contributed by atoms with Crippen molar-refractivity contribution in [2.24, 2.45) is 0 Å². The molecule has 0 unspecified atom stereocenters. The lowest BCUT2D eigenvalue weighted by atomic mass is 10.1. The number of pyridine rings is 1. The second-order valence-corrected chi connectivity index (χ2v) is 6.67. The fourth-order valence-corrected chi connectivity index (χ4v) is 2.99. The van der Waals surface area contributed by atoms with E-state index in [0.29, 0.717) is 12.4 Å². The van der Waals surface area contributed by atoms with E-state index in [-0.39, 0.29) is 27.5 Å². The summed E-state index contributed by atoms with van der Waals surface area (Å²) in [7, 11) is 0. The van der Waals surface area contributed by atoms with E-state index in [2.05, 4.69) is 25.6 Å². The number of benzene rings is 1. The number of nitrogens with zero attached hydrogens (tertiary/aromatic N) is 2. The van der Waals surface area contributed by atoms with E-state index in [9.17, 15) is 18.0 Å². The van der Waals surface area contributed by atoms with E-state index in [1.165, 1.54) is 19.4 Å². The van der Waals surface area contributed by atoms with Crippen LogP contribution in [0.2, 0.25) is 5.02 Å². The van der Waals surface area contributed by atoms with Crippen LogP contribution in [0.4, 0.5) is 24.7 Å². The lowest BCUT2D eigenvalue weighted by molar-refractivity contribution is -0.137. The molecule has 0 aliphatic heterocycles. The SMILES string of the molecule is CC(=N)c1c(NCc2cnc[nH]2)ncc(C(=O)Nc2ccc(C(F)(F)F)cc2)c1Cl. The molecule has 4 N–H and O–H groups in total. The van der Waals surface area contributed by atoms with Crippen LogP contribution in [0, 0.1) is 5.41 Å². The van der Waals surface area contributed by atoms with Crippen LogP contribution in [0.3, 0.4) is 0 Å². The number of rotatable bonds is 6. The lowest BCUT2D eigenvalue weighted by Crippen LogP contribution is -2.16. The fourth-order valence-electron chi connectivity index (χ4n) is 2.62. The first kappa shape index (κ1) is 21.3. The number of aromatic amines is 1. The Balaban J connectivity index is 1.82. The van der Waals surface area contributed by atoms with Gasteiger partial charge in [-0.05, 0) is 31.2 Å². The van der Waals surface area contributed by atoms with Gasteiger partial charge < -0.3 is 21.0 Å². The summed E-state index contributed by atoms with van der Waals surface area (Å²) in [4.78, 5) is 23.6. The van der Waals surface area contributed by atoms with Crippen LogP contribution in [0.1, 0.15) is 34.1 Å². The van der Waals surface area contributed by atoms with Gasteiger partial charge in [-0.25, -0.2) is 9.97 Å². The Morgan fingerprint density at radius 2 is 1.93 bits per heavy atom. The summed E-state index contributed by atoms with van der Waals surface area (Å²) in [6, 6.07) is 4.02. The molecule has 0 saturated carbocycles. The molecule has 0 saturated heterocycles. The number of hydrogen-bond acceptors (Lipinski definition) is 5. The van der Waals surface area contributed by atoms with Crippen molar-refractivity contribution < 1.29 is 18.0 Å². The van der Waals surface area contributed by atoms with Crippen molar-refractivity contribution in [1.82, 2.24) is 15.0 Å². The van der Waals surface area contributed by atoms with Crippen molar-refractivity contribution in [3.05, 3.63) is 70.4 Å². The Kier molecular flexibility index (Phi) is 6.06. The first-order chi connectivity index (χ1) is 14.2. The van der Waals surface area contributed by atoms with Gasteiger partial charge in [0.05, 0.1) is 40.3 Å². The molecular weight excluding hydrogens is 421 g/mol. The maximum absolute atomic E-state index is 12.7. The van der Waals surface area contributed by atoms with E-state index in [0.717, 1.165) is 30.0 Å². The summed E-state index contributed by atoms with van der Waals surface area (Å²) in [6.45, 7) is 1.85. The van der Waals surface area contributed by atoms with Gasteiger partial charge in [0.25, 0.3) is 5.91 Å². The van der Waals surface area contributed by atoms with Gasteiger partial charge in [-0.1, -0.05) is 11.6 Å². The molecule has 0 bridgehead atoms. The summed E-state index contributed by atoms with van der Waals surface area (Å²) < 4.78 is 38.0. The zero-order chi connectivity index (χ0) is 21.9. The molecule has 0 fully saturated rings. The minimum absolute atomic E-state index is 0.00835. The van der Waals surface area contributed by atoms with Crippen molar-refractivity contribution in [3.8, 4) is 0 Å². The van der Waals surface area contributed by atoms with Crippen LogP contribution in [-0.4, -0.2) is 26.6 Å². The van der Waals surface area contributed by atoms with E-state index in [4.69, 9.17) is 17.0 Å². The third-order valence-electron chi connectivity index (χ3n) is 4.11. The fraction of sp³-hybridized carbons (Fsp3) is 0.158. The number of carbonyl (C=O) groups excluding carboxylic acids is 1. The highest BCUT2D eigenvalue weighted by atomic mass is 35.5. The average molecular weight is 437 g/mol. The largest absolute Gasteiger partial charge is 0.416 e.